The average Bonchev–Trinajstić information content (AvgIpc) is 3.15. The summed E-state index contributed by atoms with van der Waals surface area (Å²) in [7, 11) is -3.75. The number of fused-ring (bicyclic) bond motifs is 1. The summed E-state index contributed by atoms with van der Waals surface area (Å²) in [5, 5.41) is 0.312. The highest BCUT2D eigenvalue weighted by Crippen LogP contribution is 2.34. The predicted molar refractivity (Wildman–Crippen MR) is 107 cm³/mol. The van der Waals surface area contributed by atoms with Gasteiger partial charge < -0.3 is 10.7 Å². The highest BCUT2D eigenvalue weighted by Gasteiger charge is 2.33. The van der Waals surface area contributed by atoms with Gasteiger partial charge in [0.25, 0.3) is 0 Å². The molecule has 1 aromatic carbocycles. The van der Waals surface area contributed by atoms with E-state index in [1.807, 2.05) is 0 Å². The Balaban J connectivity index is 1.63. The number of aromatic amines is 1. The monoisotopic (exact) mass is 438 g/mol. The molecule has 2 heterocycles. The molecule has 0 radical (unpaired) electrons. The third kappa shape index (κ3) is 4.07. The first-order valence-electron chi connectivity index (χ1n) is 9.58. The Morgan fingerprint density at radius 2 is 1.80 bits per heavy atom. The van der Waals surface area contributed by atoms with Crippen molar-refractivity contribution < 1.29 is 21.6 Å². The number of nitrogens with two attached hydrogens (primary N) is 1. The van der Waals surface area contributed by atoms with Crippen molar-refractivity contribution in [3.05, 3.63) is 48.3 Å². The second kappa shape index (κ2) is 7.68. The van der Waals surface area contributed by atoms with Crippen LogP contribution >= 0.6 is 0 Å². The van der Waals surface area contributed by atoms with Crippen LogP contribution in [-0.2, 0) is 16.2 Å². The van der Waals surface area contributed by atoms with Crippen LogP contribution in [0.1, 0.15) is 31.4 Å². The van der Waals surface area contributed by atoms with Crippen LogP contribution in [0.15, 0.2) is 47.5 Å². The topological polar surface area (TPSA) is 101 Å². The van der Waals surface area contributed by atoms with E-state index in [1.165, 1.54) is 18.3 Å². The third-order valence-electron chi connectivity index (χ3n) is 5.44. The maximum atomic E-state index is 13.0. The lowest BCUT2D eigenvalue weighted by Crippen LogP contribution is -2.49. The standard InChI is InChI=1S/C20H21F3N4O2S/c21-20(22,23)18-11-15-14(9-10-25-19(15)26-18)12-5-7-13(8-6-12)30(28,29)27-17-4-2-1-3-16(17)24/h5-11,16-17,27H,1-4,24H2,(H,25,26)/t16-,17-/m1/s1. The fraction of sp³-hybridized carbons (Fsp3) is 0.350. The van der Waals surface area contributed by atoms with Crippen LogP contribution in [0, 0.1) is 0 Å². The number of pyridine rings is 1. The number of hydrogen-bond donors (Lipinski definition) is 3. The van der Waals surface area contributed by atoms with E-state index >= 15 is 0 Å². The summed E-state index contributed by atoms with van der Waals surface area (Å²) < 4.78 is 67.2. The highest BCUT2D eigenvalue weighted by atomic mass is 32.2. The molecule has 2 aromatic heterocycles. The first kappa shape index (κ1) is 20.8. The second-order valence-electron chi connectivity index (χ2n) is 7.50. The van der Waals surface area contributed by atoms with Crippen LogP contribution < -0.4 is 10.5 Å². The van der Waals surface area contributed by atoms with Gasteiger partial charge in [0.2, 0.25) is 10.0 Å². The van der Waals surface area contributed by atoms with Crippen molar-refractivity contribution in [2.24, 2.45) is 5.73 Å². The van der Waals surface area contributed by atoms with Gasteiger partial charge in [0, 0.05) is 23.7 Å². The lowest BCUT2D eigenvalue weighted by atomic mass is 9.92. The lowest BCUT2D eigenvalue weighted by molar-refractivity contribution is -0.140. The molecule has 2 atom stereocenters. The van der Waals surface area contributed by atoms with Crippen molar-refractivity contribution >= 4 is 21.1 Å². The van der Waals surface area contributed by atoms with Gasteiger partial charge in [-0.05, 0) is 48.2 Å². The summed E-state index contributed by atoms with van der Waals surface area (Å²) in [6.07, 6.45) is 0.286. The molecule has 1 aliphatic carbocycles. The van der Waals surface area contributed by atoms with Gasteiger partial charge in [0.1, 0.15) is 11.3 Å². The molecule has 0 unspecified atom stereocenters. The van der Waals surface area contributed by atoms with E-state index in [0.717, 1.165) is 25.3 Å². The first-order valence-corrected chi connectivity index (χ1v) is 11.1. The zero-order valence-corrected chi connectivity index (χ0v) is 16.7. The van der Waals surface area contributed by atoms with Gasteiger partial charge >= 0.3 is 6.18 Å². The van der Waals surface area contributed by atoms with Gasteiger partial charge in [-0.3, -0.25) is 0 Å². The van der Waals surface area contributed by atoms with Crippen molar-refractivity contribution in [2.45, 2.75) is 48.8 Å². The molecule has 4 rings (SSSR count). The van der Waals surface area contributed by atoms with Crippen LogP contribution in [0.2, 0.25) is 0 Å². The summed E-state index contributed by atoms with van der Waals surface area (Å²) in [5.74, 6) is 0. The molecule has 1 saturated carbocycles. The molecule has 1 fully saturated rings. The minimum Gasteiger partial charge on any atom is -0.336 e. The molecule has 0 aliphatic heterocycles. The number of halogens is 3. The van der Waals surface area contributed by atoms with Gasteiger partial charge in [-0.1, -0.05) is 25.0 Å². The Hall–Kier alpha value is -2.43. The number of H-pyrrole nitrogens is 1. The molecular formula is C20H21F3N4O2S. The summed E-state index contributed by atoms with van der Waals surface area (Å²) in [6, 6.07) is 8.12. The van der Waals surface area contributed by atoms with Crippen molar-refractivity contribution in [1.29, 1.82) is 0 Å². The van der Waals surface area contributed by atoms with E-state index < -0.39 is 21.9 Å². The molecule has 3 aromatic rings. The Labute approximate surface area is 171 Å². The van der Waals surface area contributed by atoms with Crippen molar-refractivity contribution in [1.82, 2.24) is 14.7 Å². The number of nitrogens with zero attached hydrogens (tertiary/aromatic N) is 1. The lowest BCUT2D eigenvalue weighted by Gasteiger charge is -2.29. The van der Waals surface area contributed by atoms with Gasteiger partial charge in [-0.25, -0.2) is 18.1 Å². The van der Waals surface area contributed by atoms with Crippen molar-refractivity contribution in [3.8, 4) is 11.1 Å². The third-order valence-corrected chi connectivity index (χ3v) is 6.94. The molecule has 10 heteroatoms. The smallest absolute Gasteiger partial charge is 0.336 e. The molecule has 30 heavy (non-hydrogen) atoms. The summed E-state index contributed by atoms with van der Waals surface area (Å²) in [4.78, 5) is 6.32. The Morgan fingerprint density at radius 3 is 2.47 bits per heavy atom. The normalized spacial score (nSPS) is 20.5. The zero-order valence-electron chi connectivity index (χ0n) is 15.9. The molecule has 160 valence electrons. The first-order chi connectivity index (χ1) is 14.1. The Kier molecular flexibility index (Phi) is 5.33. The van der Waals surface area contributed by atoms with E-state index in [4.69, 9.17) is 5.73 Å². The molecule has 6 nitrogen and oxygen atoms in total. The van der Waals surface area contributed by atoms with Gasteiger partial charge in [0.05, 0.1) is 4.90 Å². The second-order valence-corrected chi connectivity index (χ2v) is 9.22. The number of sulfonamides is 1. The minimum atomic E-state index is -4.51. The van der Waals surface area contributed by atoms with E-state index in [2.05, 4.69) is 14.7 Å². The zero-order chi connectivity index (χ0) is 21.5. The van der Waals surface area contributed by atoms with Gasteiger partial charge in [-0.2, -0.15) is 13.2 Å². The van der Waals surface area contributed by atoms with Gasteiger partial charge in [-0.15, -0.1) is 0 Å². The summed E-state index contributed by atoms with van der Waals surface area (Å²) in [5.41, 5.74) is 6.38. The SMILES string of the molecule is N[C@@H]1CCCC[C@H]1NS(=O)(=O)c1ccc(-c2ccnc3[nH]c(C(F)(F)F)cc23)cc1. The maximum Gasteiger partial charge on any atom is 0.431 e. The number of rotatable bonds is 4. The predicted octanol–water partition coefficient (Wildman–Crippen LogP) is 3.80. The quantitative estimate of drug-likeness (QED) is 0.577. The fourth-order valence-electron chi connectivity index (χ4n) is 3.82. The summed E-state index contributed by atoms with van der Waals surface area (Å²) >= 11 is 0. The highest BCUT2D eigenvalue weighted by molar-refractivity contribution is 7.89. The van der Waals surface area contributed by atoms with Crippen LogP contribution in [0.3, 0.4) is 0 Å². The Bertz CT molecular complexity index is 1160. The molecular weight excluding hydrogens is 417 g/mol. The molecule has 0 bridgehead atoms. The number of alkyl halides is 3. The number of hydrogen-bond acceptors (Lipinski definition) is 4. The van der Waals surface area contributed by atoms with E-state index in [-0.39, 0.29) is 22.6 Å². The fourth-order valence-corrected chi connectivity index (χ4v) is 5.14. The van der Waals surface area contributed by atoms with Crippen molar-refractivity contribution in [3.63, 3.8) is 0 Å². The van der Waals surface area contributed by atoms with Crippen LogP contribution in [0.5, 0.6) is 0 Å². The van der Waals surface area contributed by atoms with E-state index in [9.17, 15) is 21.6 Å². The molecule has 0 amide bonds. The van der Waals surface area contributed by atoms with Gasteiger partial charge in [0.15, 0.2) is 0 Å². The molecule has 0 spiro atoms. The molecule has 0 saturated heterocycles. The minimum absolute atomic E-state index is 0.0828. The molecule has 1 aliphatic rings. The van der Waals surface area contributed by atoms with Crippen LogP contribution in [-0.4, -0.2) is 30.5 Å². The van der Waals surface area contributed by atoms with Crippen molar-refractivity contribution in [2.75, 3.05) is 0 Å². The maximum absolute atomic E-state index is 13.0. The van der Waals surface area contributed by atoms with Crippen LogP contribution in [0.4, 0.5) is 13.2 Å². The number of aromatic nitrogens is 2. The summed E-state index contributed by atoms with van der Waals surface area (Å²) in [6.45, 7) is 0. The number of nitrogens with one attached hydrogen (secondary N) is 2. The molecule has 4 N–H and O–H groups in total. The van der Waals surface area contributed by atoms with Crippen LogP contribution in [0.25, 0.3) is 22.2 Å². The Morgan fingerprint density at radius 1 is 1.10 bits per heavy atom. The van der Waals surface area contributed by atoms with E-state index in [1.54, 1.807) is 18.2 Å². The average molecular weight is 438 g/mol. The van der Waals surface area contributed by atoms with E-state index in [0.29, 0.717) is 22.9 Å². The number of benzene rings is 1. The largest absolute Gasteiger partial charge is 0.431 e.